The summed E-state index contributed by atoms with van der Waals surface area (Å²) in [6, 6.07) is 13.0. The molecule has 136 valence electrons. The third-order valence-electron chi connectivity index (χ3n) is 3.65. The molecule has 0 radical (unpaired) electrons. The fourth-order valence-corrected chi connectivity index (χ4v) is 2.81. The Bertz CT molecular complexity index is 1010. The Morgan fingerprint density at radius 1 is 1.26 bits per heavy atom. The number of rotatable bonds is 5. The molecule has 0 aliphatic carbocycles. The van der Waals surface area contributed by atoms with Crippen LogP contribution in [-0.2, 0) is 11.3 Å². The van der Waals surface area contributed by atoms with Crippen molar-refractivity contribution in [3.05, 3.63) is 52.5 Å². The molecule has 0 saturated heterocycles. The fourth-order valence-electron chi connectivity index (χ4n) is 2.38. The van der Waals surface area contributed by atoms with Gasteiger partial charge in [-0.15, -0.1) is 10.2 Å². The van der Waals surface area contributed by atoms with Crippen molar-refractivity contribution in [2.75, 3.05) is 6.79 Å². The molecule has 1 aliphatic rings. The second kappa shape index (κ2) is 7.54. The van der Waals surface area contributed by atoms with Gasteiger partial charge >= 0.3 is 0 Å². The molecule has 27 heavy (non-hydrogen) atoms. The smallest absolute Gasteiger partial charge is 0.263 e. The first-order valence-corrected chi connectivity index (χ1v) is 8.72. The summed E-state index contributed by atoms with van der Waals surface area (Å²) < 4.78 is 11.4. The topological polar surface area (TPSA) is 104 Å². The van der Waals surface area contributed by atoms with E-state index in [1.165, 1.54) is 11.0 Å². The summed E-state index contributed by atoms with van der Waals surface area (Å²) in [4.78, 5) is 13.2. The Kier molecular flexibility index (Phi) is 4.79. The highest BCUT2D eigenvalue weighted by atomic mass is 79.9. The van der Waals surface area contributed by atoms with Gasteiger partial charge in [0, 0.05) is 15.6 Å². The van der Waals surface area contributed by atoms with Crippen LogP contribution in [-0.4, -0.2) is 39.1 Å². The first-order chi connectivity index (χ1) is 13.2. The van der Waals surface area contributed by atoms with Crippen molar-refractivity contribution in [1.82, 2.24) is 25.6 Å². The van der Waals surface area contributed by atoms with E-state index in [1.54, 1.807) is 12.1 Å². The minimum atomic E-state index is -0.375. The first-order valence-electron chi connectivity index (χ1n) is 7.93. The number of halogens is 1. The molecule has 1 aliphatic heterocycles. The van der Waals surface area contributed by atoms with Crippen molar-refractivity contribution >= 4 is 28.1 Å². The van der Waals surface area contributed by atoms with Crippen LogP contribution in [0.25, 0.3) is 11.4 Å². The van der Waals surface area contributed by atoms with E-state index in [2.05, 4.69) is 41.9 Å². The lowest BCUT2D eigenvalue weighted by Crippen LogP contribution is -2.24. The van der Waals surface area contributed by atoms with Gasteiger partial charge in [-0.25, -0.2) is 5.43 Å². The van der Waals surface area contributed by atoms with Gasteiger partial charge in [-0.3, -0.25) is 4.79 Å². The van der Waals surface area contributed by atoms with E-state index in [0.717, 1.165) is 15.6 Å². The highest BCUT2D eigenvalue weighted by Gasteiger charge is 2.15. The number of nitrogens with one attached hydrogen (secondary N) is 1. The van der Waals surface area contributed by atoms with Crippen LogP contribution in [0.4, 0.5) is 0 Å². The van der Waals surface area contributed by atoms with Gasteiger partial charge < -0.3 is 9.47 Å². The molecule has 0 fully saturated rings. The summed E-state index contributed by atoms with van der Waals surface area (Å²) >= 11 is 3.42. The number of nitrogens with zero attached hydrogens (tertiary/aromatic N) is 5. The molecule has 9 nitrogen and oxygen atoms in total. The van der Waals surface area contributed by atoms with Crippen LogP contribution in [0.2, 0.25) is 0 Å². The van der Waals surface area contributed by atoms with Crippen LogP contribution in [0.5, 0.6) is 11.5 Å². The number of tetrazole rings is 1. The second-order valence-corrected chi connectivity index (χ2v) is 6.38. The van der Waals surface area contributed by atoms with E-state index in [1.807, 2.05) is 30.3 Å². The molecule has 10 heteroatoms. The normalized spacial score (nSPS) is 12.5. The number of benzene rings is 2. The van der Waals surface area contributed by atoms with Gasteiger partial charge in [0.2, 0.25) is 12.6 Å². The molecule has 0 bridgehead atoms. The number of aromatic nitrogens is 4. The summed E-state index contributed by atoms with van der Waals surface area (Å²) in [7, 11) is 0. The number of hydrazone groups is 1. The molecular weight excluding hydrogens is 416 g/mol. The van der Waals surface area contributed by atoms with E-state index in [9.17, 15) is 4.79 Å². The lowest BCUT2D eigenvalue weighted by molar-refractivity contribution is -0.122. The highest BCUT2D eigenvalue weighted by Crippen LogP contribution is 2.36. The lowest BCUT2D eigenvalue weighted by Gasteiger charge is -2.02. The zero-order valence-corrected chi connectivity index (χ0v) is 15.5. The number of amides is 1. The number of carbonyl (C=O) groups excluding carboxylic acids is 1. The molecule has 0 spiro atoms. The van der Waals surface area contributed by atoms with E-state index in [4.69, 9.17) is 9.47 Å². The van der Waals surface area contributed by atoms with Gasteiger partial charge in [0.15, 0.2) is 11.5 Å². The van der Waals surface area contributed by atoms with Gasteiger partial charge in [0.25, 0.3) is 5.91 Å². The maximum atomic E-state index is 12.0. The maximum absolute atomic E-state index is 12.0. The quantitative estimate of drug-likeness (QED) is 0.492. The van der Waals surface area contributed by atoms with Crippen molar-refractivity contribution < 1.29 is 14.3 Å². The van der Waals surface area contributed by atoms with Crippen LogP contribution in [0.15, 0.2) is 52.0 Å². The predicted octanol–water partition coefficient (Wildman–Crippen LogP) is 1.98. The van der Waals surface area contributed by atoms with Crippen LogP contribution in [0.3, 0.4) is 0 Å². The number of ether oxygens (including phenoxy) is 2. The minimum absolute atomic E-state index is 0.0977. The molecule has 3 aromatic rings. The molecule has 0 atom stereocenters. The number of carbonyl (C=O) groups is 1. The Morgan fingerprint density at radius 2 is 2.04 bits per heavy atom. The second-order valence-electron chi connectivity index (χ2n) is 5.53. The van der Waals surface area contributed by atoms with Gasteiger partial charge in [0.1, 0.15) is 6.54 Å². The van der Waals surface area contributed by atoms with Crippen molar-refractivity contribution in [2.45, 2.75) is 6.54 Å². The van der Waals surface area contributed by atoms with Crippen LogP contribution in [0, 0.1) is 0 Å². The zero-order chi connectivity index (χ0) is 18.6. The lowest BCUT2D eigenvalue weighted by atomic mass is 10.2. The van der Waals surface area contributed by atoms with Gasteiger partial charge in [-0.05, 0) is 33.3 Å². The Hall–Kier alpha value is -3.27. The number of fused-ring (bicyclic) bond motifs is 1. The highest BCUT2D eigenvalue weighted by molar-refractivity contribution is 9.10. The van der Waals surface area contributed by atoms with Crippen molar-refractivity contribution in [3.8, 4) is 22.9 Å². The summed E-state index contributed by atoms with van der Waals surface area (Å²) in [5.41, 5.74) is 4.00. The first kappa shape index (κ1) is 17.2. The monoisotopic (exact) mass is 428 g/mol. The average Bonchev–Trinajstić information content (AvgIpc) is 3.32. The minimum Gasteiger partial charge on any atom is -0.454 e. The van der Waals surface area contributed by atoms with E-state index in [-0.39, 0.29) is 19.2 Å². The Morgan fingerprint density at radius 3 is 2.85 bits per heavy atom. The number of hydrogen-bond acceptors (Lipinski definition) is 7. The molecule has 1 N–H and O–H groups in total. The van der Waals surface area contributed by atoms with Gasteiger partial charge in [-0.2, -0.15) is 9.90 Å². The fraction of sp³-hybridized carbons (Fsp3) is 0.118. The summed E-state index contributed by atoms with van der Waals surface area (Å²) in [6.07, 6.45) is 1.51. The summed E-state index contributed by atoms with van der Waals surface area (Å²) in [6.45, 7) is 0.0917. The maximum Gasteiger partial charge on any atom is 0.263 e. The standard InChI is InChI=1S/C17H13BrN6O3/c18-13-7-15-14(26-10-27-15)6-12(13)8-19-20-16(25)9-24-22-17(21-23-24)11-4-2-1-3-5-11/h1-8H,9-10H2,(H,20,25)/b19-8-. The van der Waals surface area contributed by atoms with Gasteiger partial charge in [0.05, 0.1) is 6.21 Å². The predicted molar refractivity (Wildman–Crippen MR) is 99.3 cm³/mol. The van der Waals surface area contributed by atoms with Crippen LogP contribution < -0.4 is 14.9 Å². The summed E-state index contributed by atoms with van der Waals surface area (Å²) in [5, 5.41) is 16.0. The third kappa shape index (κ3) is 3.95. The molecule has 2 aromatic carbocycles. The van der Waals surface area contributed by atoms with E-state index < -0.39 is 0 Å². The van der Waals surface area contributed by atoms with E-state index in [0.29, 0.717) is 17.3 Å². The van der Waals surface area contributed by atoms with Crippen molar-refractivity contribution in [2.24, 2.45) is 5.10 Å². The zero-order valence-electron chi connectivity index (χ0n) is 13.9. The van der Waals surface area contributed by atoms with Crippen molar-refractivity contribution in [1.29, 1.82) is 0 Å². The third-order valence-corrected chi connectivity index (χ3v) is 4.34. The molecule has 0 unspecified atom stereocenters. The van der Waals surface area contributed by atoms with Crippen LogP contribution in [0.1, 0.15) is 5.56 Å². The molecule has 0 saturated carbocycles. The summed E-state index contributed by atoms with van der Waals surface area (Å²) in [5.74, 6) is 1.37. The molecule has 2 heterocycles. The molecular formula is C17H13BrN6O3. The SMILES string of the molecule is O=C(Cn1nnc(-c2ccccc2)n1)N/N=C\c1cc2c(cc1Br)OCO2. The van der Waals surface area contributed by atoms with Gasteiger partial charge in [-0.1, -0.05) is 30.3 Å². The molecule has 1 aromatic heterocycles. The van der Waals surface area contributed by atoms with Crippen LogP contribution >= 0.6 is 15.9 Å². The Balaban J connectivity index is 1.36. The largest absolute Gasteiger partial charge is 0.454 e. The molecule has 4 rings (SSSR count). The van der Waals surface area contributed by atoms with E-state index >= 15 is 0 Å². The Labute approximate surface area is 162 Å². The number of hydrogen-bond donors (Lipinski definition) is 1. The average molecular weight is 429 g/mol. The molecule has 1 amide bonds. The van der Waals surface area contributed by atoms with Crippen molar-refractivity contribution in [3.63, 3.8) is 0 Å².